The number of carbonyl (C=O) groups is 1. The minimum Gasteiger partial charge on any atom is -0.476 e. The number of carboxylic acids is 1. The topological polar surface area (TPSA) is 91.5 Å². The van der Waals surface area contributed by atoms with Crippen LogP contribution in [0.2, 0.25) is 0 Å². The zero-order valence-corrected chi connectivity index (χ0v) is 16.3. The highest BCUT2D eigenvalue weighted by atomic mass is 16.4. The van der Waals surface area contributed by atoms with Gasteiger partial charge in [-0.2, -0.15) is 5.10 Å². The zero-order chi connectivity index (χ0) is 19.7. The molecule has 0 unspecified atom stereocenters. The van der Waals surface area contributed by atoms with E-state index < -0.39 is 11.6 Å². The molecule has 0 bridgehead atoms. The maximum Gasteiger partial charge on any atom is 0.356 e. The molecule has 3 heterocycles. The molecule has 28 heavy (non-hydrogen) atoms. The van der Waals surface area contributed by atoms with E-state index in [1.54, 1.807) is 6.20 Å². The molecule has 0 saturated carbocycles. The lowest BCUT2D eigenvalue weighted by Gasteiger charge is -2.42. The van der Waals surface area contributed by atoms with Gasteiger partial charge in [-0.25, -0.2) is 4.79 Å². The average molecular weight is 384 g/mol. The van der Waals surface area contributed by atoms with Crippen LogP contribution in [0.25, 0.3) is 0 Å². The van der Waals surface area contributed by atoms with E-state index in [1.165, 1.54) is 0 Å². The van der Waals surface area contributed by atoms with E-state index in [9.17, 15) is 15.0 Å². The Labute approximate surface area is 165 Å². The molecule has 0 amide bonds. The summed E-state index contributed by atoms with van der Waals surface area (Å²) in [5.74, 6) is -0.935. The van der Waals surface area contributed by atoms with Gasteiger partial charge in [-0.05, 0) is 50.7 Å². The quantitative estimate of drug-likeness (QED) is 0.821. The largest absolute Gasteiger partial charge is 0.476 e. The number of nitrogens with zero attached hydrogens (tertiary/aromatic N) is 4. The number of piperidine rings is 1. The first-order valence-corrected chi connectivity index (χ1v) is 10.2. The van der Waals surface area contributed by atoms with Crippen LogP contribution in [0.15, 0.2) is 24.4 Å². The van der Waals surface area contributed by atoms with E-state index in [2.05, 4.69) is 21.9 Å². The van der Waals surface area contributed by atoms with Crippen LogP contribution in [0, 0.1) is 0 Å². The van der Waals surface area contributed by atoms with Crippen LogP contribution in [-0.2, 0) is 25.0 Å². The van der Waals surface area contributed by atoms with Gasteiger partial charge in [0.2, 0.25) is 0 Å². The van der Waals surface area contributed by atoms with E-state index in [-0.39, 0.29) is 5.69 Å². The lowest BCUT2D eigenvalue weighted by molar-refractivity contribution is -0.0401. The number of rotatable bonds is 5. The predicted molar refractivity (Wildman–Crippen MR) is 104 cm³/mol. The summed E-state index contributed by atoms with van der Waals surface area (Å²) < 4.78 is 1.89. The average Bonchev–Trinajstić information content (AvgIpc) is 3.08. The molecule has 4 rings (SSSR count). The van der Waals surface area contributed by atoms with Gasteiger partial charge in [-0.15, -0.1) is 0 Å². The Balaban J connectivity index is 1.48. The lowest BCUT2D eigenvalue weighted by atomic mass is 9.84. The van der Waals surface area contributed by atoms with Gasteiger partial charge in [-0.1, -0.05) is 13.0 Å². The Morgan fingerprint density at radius 3 is 2.75 bits per heavy atom. The van der Waals surface area contributed by atoms with E-state index in [1.807, 2.05) is 22.9 Å². The Morgan fingerprint density at radius 2 is 2.11 bits per heavy atom. The second kappa shape index (κ2) is 7.64. The van der Waals surface area contributed by atoms with Gasteiger partial charge >= 0.3 is 5.97 Å². The van der Waals surface area contributed by atoms with Crippen LogP contribution in [0.1, 0.15) is 60.0 Å². The summed E-state index contributed by atoms with van der Waals surface area (Å²) >= 11 is 0. The van der Waals surface area contributed by atoms with E-state index in [0.29, 0.717) is 18.9 Å². The number of carboxylic acid groups (broad SMARTS) is 1. The third-order valence-electron chi connectivity index (χ3n) is 6.24. The van der Waals surface area contributed by atoms with Gasteiger partial charge in [0, 0.05) is 43.1 Å². The first kappa shape index (κ1) is 19.1. The first-order valence-electron chi connectivity index (χ1n) is 10.2. The Morgan fingerprint density at radius 1 is 1.32 bits per heavy atom. The number of aromatic carboxylic acids is 1. The van der Waals surface area contributed by atoms with Crippen molar-refractivity contribution < 1.29 is 15.0 Å². The Hall–Kier alpha value is -2.25. The number of hydrogen-bond acceptors (Lipinski definition) is 5. The summed E-state index contributed by atoms with van der Waals surface area (Å²) in [6.07, 6.45) is 6.55. The minimum absolute atomic E-state index is 0.218. The smallest absolute Gasteiger partial charge is 0.356 e. The van der Waals surface area contributed by atoms with Crippen LogP contribution in [0.5, 0.6) is 0 Å². The van der Waals surface area contributed by atoms with Crippen molar-refractivity contribution in [1.29, 1.82) is 0 Å². The number of pyridine rings is 1. The molecule has 1 aliphatic carbocycles. The van der Waals surface area contributed by atoms with Crippen LogP contribution in [0.4, 0.5) is 0 Å². The van der Waals surface area contributed by atoms with Crippen LogP contribution < -0.4 is 0 Å². The molecule has 1 aliphatic heterocycles. The number of fused-ring (bicyclic) bond motifs is 1. The molecule has 0 aromatic carbocycles. The van der Waals surface area contributed by atoms with Crippen molar-refractivity contribution in [3.05, 3.63) is 47.0 Å². The van der Waals surface area contributed by atoms with Gasteiger partial charge in [0.25, 0.3) is 0 Å². The predicted octanol–water partition coefficient (Wildman–Crippen LogP) is 2.23. The van der Waals surface area contributed by atoms with Crippen molar-refractivity contribution in [1.82, 2.24) is 19.7 Å². The summed E-state index contributed by atoms with van der Waals surface area (Å²) in [5, 5.41) is 25.0. The monoisotopic (exact) mass is 384 g/mol. The third-order valence-corrected chi connectivity index (χ3v) is 6.24. The van der Waals surface area contributed by atoms with Gasteiger partial charge < -0.3 is 10.2 Å². The van der Waals surface area contributed by atoms with Crippen molar-refractivity contribution >= 4 is 5.97 Å². The fourth-order valence-electron chi connectivity index (χ4n) is 4.70. The molecule has 2 aromatic heterocycles. The number of hydrogen-bond donors (Lipinski definition) is 2. The van der Waals surface area contributed by atoms with Crippen molar-refractivity contribution in [2.45, 2.75) is 63.6 Å². The molecule has 7 heteroatoms. The van der Waals surface area contributed by atoms with Crippen molar-refractivity contribution in [3.63, 3.8) is 0 Å². The summed E-state index contributed by atoms with van der Waals surface area (Å²) in [4.78, 5) is 18.4. The molecule has 1 saturated heterocycles. The van der Waals surface area contributed by atoms with Crippen LogP contribution in [0.3, 0.4) is 0 Å². The van der Waals surface area contributed by atoms with E-state index >= 15 is 0 Å². The van der Waals surface area contributed by atoms with E-state index in [4.69, 9.17) is 0 Å². The highest BCUT2D eigenvalue weighted by Crippen LogP contribution is 2.35. The van der Waals surface area contributed by atoms with Crippen molar-refractivity contribution in [2.75, 3.05) is 13.1 Å². The molecule has 0 spiro atoms. The molecular formula is C21H28N4O3. The van der Waals surface area contributed by atoms with Gasteiger partial charge in [0.05, 0.1) is 5.69 Å². The first-order chi connectivity index (χ1) is 13.5. The normalized spacial score (nSPS) is 22.0. The van der Waals surface area contributed by atoms with Gasteiger partial charge in [0.15, 0.2) is 5.69 Å². The molecule has 1 fully saturated rings. The lowest BCUT2D eigenvalue weighted by Crippen LogP contribution is -2.49. The molecule has 2 N–H and O–H groups in total. The van der Waals surface area contributed by atoms with Crippen LogP contribution >= 0.6 is 0 Å². The molecule has 7 nitrogen and oxygen atoms in total. The Bertz CT molecular complexity index is 841. The maximum absolute atomic E-state index is 11.7. The fraction of sp³-hybridized carbons (Fsp3) is 0.571. The van der Waals surface area contributed by atoms with E-state index in [0.717, 1.165) is 62.3 Å². The molecular weight excluding hydrogens is 356 g/mol. The number of aliphatic hydroxyl groups is 1. The third kappa shape index (κ3) is 3.44. The van der Waals surface area contributed by atoms with Gasteiger partial charge in [0.1, 0.15) is 5.60 Å². The Kier molecular flexibility index (Phi) is 5.21. The molecule has 150 valence electrons. The summed E-state index contributed by atoms with van der Waals surface area (Å²) in [6, 6.07) is 5.97. The van der Waals surface area contributed by atoms with Crippen molar-refractivity contribution in [3.8, 4) is 0 Å². The standard InChI is InChI=1S/C21H28N4O3/c1-2-11-25-17-7-6-15(14-16(17)19(23-25)20(26)27)24-12-8-21(28,9-13-24)18-5-3-4-10-22-18/h3-5,10,15,28H,2,6-9,11-14H2,1H3,(H,26,27)/t15-/m1/s1. The van der Waals surface area contributed by atoms with Gasteiger partial charge in [-0.3, -0.25) is 14.6 Å². The second-order valence-corrected chi connectivity index (χ2v) is 7.98. The second-order valence-electron chi connectivity index (χ2n) is 7.98. The highest BCUT2D eigenvalue weighted by Gasteiger charge is 2.39. The molecule has 2 aliphatic rings. The summed E-state index contributed by atoms with van der Waals surface area (Å²) in [6.45, 7) is 4.43. The minimum atomic E-state index is -0.935. The SMILES string of the molecule is CCCn1nc(C(=O)O)c2c1CC[C@@H](N1CCC(O)(c3ccccn3)CC1)C2. The fourth-order valence-corrected chi connectivity index (χ4v) is 4.70. The summed E-state index contributed by atoms with van der Waals surface area (Å²) in [5.41, 5.74) is 2.10. The number of aromatic nitrogens is 3. The molecule has 2 aromatic rings. The molecule has 0 radical (unpaired) electrons. The highest BCUT2D eigenvalue weighted by molar-refractivity contribution is 5.87. The van der Waals surface area contributed by atoms with Crippen LogP contribution in [-0.4, -0.2) is 55.0 Å². The number of aryl methyl sites for hydroxylation is 1. The zero-order valence-electron chi connectivity index (χ0n) is 16.3. The molecule has 1 atom stereocenters. The summed E-state index contributed by atoms with van der Waals surface area (Å²) in [7, 11) is 0. The van der Waals surface area contributed by atoms with Crippen molar-refractivity contribution in [2.24, 2.45) is 0 Å². The maximum atomic E-state index is 11.7. The number of likely N-dealkylation sites (tertiary alicyclic amines) is 1.